The number of carboxylic acid groups (broad SMARTS) is 1. The molecule has 0 saturated heterocycles. The minimum Gasteiger partial charge on any atom is -0.480 e. The van der Waals surface area contributed by atoms with Crippen LogP contribution in [0.15, 0.2) is 36.5 Å². The van der Waals surface area contributed by atoms with Gasteiger partial charge in [-0.2, -0.15) is 0 Å². The maximum absolute atomic E-state index is 13.1. The van der Waals surface area contributed by atoms with E-state index >= 15 is 0 Å². The number of carboxylic acids is 1. The molecule has 44 heavy (non-hydrogen) atoms. The zero-order valence-electron chi connectivity index (χ0n) is 26.1. The number of rotatable bonds is 10. The Morgan fingerprint density at radius 1 is 1.05 bits per heavy atom. The van der Waals surface area contributed by atoms with Crippen LogP contribution in [0.25, 0.3) is 32.6 Å². The highest BCUT2D eigenvalue weighted by Crippen LogP contribution is 2.37. The van der Waals surface area contributed by atoms with E-state index in [2.05, 4.69) is 20.2 Å². The van der Waals surface area contributed by atoms with Crippen molar-refractivity contribution in [2.45, 2.75) is 52.2 Å². The lowest BCUT2D eigenvalue weighted by atomic mass is 10.00. The number of amides is 2. The van der Waals surface area contributed by atoms with E-state index in [1.807, 2.05) is 51.2 Å². The van der Waals surface area contributed by atoms with Crippen molar-refractivity contribution >= 4 is 56.5 Å². The summed E-state index contributed by atoms with van der Waals surface area (Å²) in [7, 11) is 5.82. The van der Waals surface area contributed by atoms with E-state index in [-0.39, 0.29) is 24.5 Å². The number of hydrogen-bond acceptors (Lipinski definition) is 8. The number of nitrogens with one attached hydrogen (secondary N) is 2. The zero-order chi connectivity index (χ0) is 32.3. The van der Waals surface area contributed by atoms with Crippen molar-refractivity contribution in [1.29, 1.82) is 0 Å². The van der Waals surface area contributed by atoms with Crippen LogP contribution in [0.4, 0.5) is 4.79 Å². The van der Waals surface area contributed by atoms with Crippen LogP contribution in [0, 0.1) is 6.92 Å². The van der Waals surface area contributed by atoms with E-state index in [4.69, 9.17) is 9.47 Å². The zero-order valence-corrected chi connectivity index (χ0v) is 26.1. The van der Waals surface area contributed by atoms with Crippen LogP contribution in [-0.2, 0) is 21.4 Å². The molecule has 3 N–H and O–H groups in total. The largest absolute Gasteiger partial charge is 0.480 e. The second-order valence-electron chi connectivity index (χ2n) is 12.0. The van der Waals surface area contributed by atoms with E-state index in [1.165, 1.54) is 0 Å². The lowest BCUT2D eigenvalue weighted by Gasteiger charge is -2.21. The summed E-state index contributed by atoms with van der Waals surface area (Å²) in [6.07, 6.45) is 0.330. The van der Waals surface area contributed by atoms with Gasteiger partial charge in [-0.3, -0.25) is 14.6 Å². The summed E-state index contributed by atoms with van der Waals surface area (Å²) in [5, 5.41) is 18.0. The molecule has 0 saturated carbocycles. The van der Waals surface area contributed by atoms with Gasteiger partial charge in [0.15, 0.2) is 0 Å². The Morgan fingerprint density at radius 2 is 1.77 bits per heavy atom. The Labute approximate surface area is 255 Å². The molecule has 0 aliphatic rings. The van der Waals surface area contributed by atoms with Crippen LogP contribution in [0.5, 0.6) is 5.75 Å². The molecule has 0 spiro atoms. The van der Waals surface area contributed by atoms with Gasteiger partial charge < -0.3 is 34.7 Å². The lowest BCUT2D eigenvalue weighted by Crippen LogP contribution is -2.43. The number of fused-ring (bicyclic) bond motifs is 4. The van der Waals surface area contributed by atoms with Crippen molar-refractivity contribution in [2.75, 3.05) is 27.2 Å². The molecule has 1 unspecified atom stereocenters. The molecule has 0 aliphatic carbocycles. The number of aliphatic carboxylic acids is 1. The summed E-state index contributed by atoms with van der Waals surface area (Å²) < 4.78 is 12.8. The number of nitrogens with zero attached hydrogens (tertiary/aromatic N) is 3. The van der Waals surface area contributed by atoms with Gasteiger partial charge in [-0.15, -0.1) is 0 Å². The first-order chi connectivity index (χ1) is 20.7. The van der Waals surface area contributed by atoms with Gasteiger partial charge >= 0.3 is 18.0 Å². The molecule has 2 aromatic carbocycles. The molecule has 2 heterocycles. The number of aromatic nitrogens is 2. The van der Waals surface area contributed by atoms with Gasteiger partial charge in [0.25, 0.3) is 5.91 Å². The molecule has 4 rings (SSSR count). The molecule has 0 radical (unpaired) electrons. The van der Waals surface area contributed by atoms with Crippen molar-refractivity contribution in [3.63, 3.8) is 0 Å². The first-order valence-electron chi connectivity index (χ1n) is 14.3. The summed E-state index contributed by atoms with van der Waals surface area (Å²) in [5.41, 5.74) is 2.39. The number of esters is 1. The van der Waals surface area contributed by atoms with E-state index in [1.54, 1.807) is 39.1 Å². The molecule has 1 atom stereocenters. The van der Waals surface area contributed by atoms with E-state index in [0.717, 1.165) is 32.8 Å². The molecular weight excluding hydrogens is 566 g/mol. The highest BCUT2D eigenvalue weighted by Gasteiger charge is 2.25. The quantitative estimate of drug-likeness (QED) is 0.179. The van der Waals surface area contributed by atoms with Gasteiger partial charge in [0.2, 0.25) is 0 Å². The second-order valence-corrected chi connectivity index (χ2v) is 12.0. The Kier molecular flexibility index (Phi) is 9.43. The lowest BCUT2D eigenvalue weighted by molar-refractivity contribution is -0.140. The Morgan fingerprint density at radius 3 is 2.43 bits per heavy atom. The van der Waals surface area contributed by atoms with Gasteiger partial charge in [0, 0.05) is 54.4 Å². The Bertz CT molecular complexity index is 1750. The molecular formula is C32H39N5O7. The van der Waals surface area contributed by atoms with Crippen molar-refractivity contribution < 1.29 is 33.8 Å². The summed E-state index contributed by atoms with van der Waals surface area (Å²) in [4.78, 5) is 55.9. The third-order valence-corrected chi connectivity index (χ3v) is 7.17. The summed E-state index contributed by atoms with van der Waals surface area (Å²) in [5.74, 6) is -1.91. The number of aryl methyl sites for hydroxylation is 2. The molecule has 0 bridgehead atoms. The van der Waals surface area contributed by atoms with E-state index < -0.39 is 29.7 Å². The fourth-order valence-corrected chi connectivity index (χ4v) is 5.14. The minimum absolute atomic E-state index is 0.179. The number of ether oxygens (including phenoxy) is 2. The third kappa shape index (κ3) is 7.25. The number of carbonyl (C=O) groups excluding carboxylic acids is 3. The Hall–Kier alpha value is -4.71. The van der Waals surface area contributed by atoms with Gasteiger partial charge in [0.05, 0.1) is 5.52 Å². The first-order valence-corrected chi connectivity index (χ1v) is 14.3. The predicted octanol–water partition coefficient (Wildman–Crippen LogP) is 4.14. The van der Waals surface area contributed by atoms with Gasteiger partial charge in [-0.1, -0.05) is 0 Å². The van der Waals surface area contributed by atoms with E-state index in [0.29, 0.717) is 24.2 Å². The average Bonchev–Trinajstić information content (AvgIpc) is 3.20. The summed E-state index contributed by atoms with van der Waals surface area (Å²) in [6, 6.07) is 7.79. The molecule has 234 valence electrons. The van der Waals surface area contributed by atoms with Crippen molar-refractivity contribution in [1.82, 2.24) is 25.1 Å². The molecule has 12 nitrogen and oxygen atoms in total. The third-order valence-electron chi connectivity index (χ3n) is 7.17. The van der Waals surface area contributed by atoms with Crippen molar-refractivity contribution in [2.24, 2.45) is 7.05 Å². The van der Waals surface area contributed by atoms with Crippen LogP contribution in [0.3, 0.4) is 0 Å². The molecule has 0 aliphatic heterocycles. The predicted molar refractivity (Wildman–Crippen MR) is 167 cm³/mol. The normalized spacial score (nSPS) is 12.5. The fourth-order valence-electron chi connectivity index (χ4n) is 5.14. The highest BCUT2D eigenvalue weighted by atomic mass is 16.6. The maximum atomic E-state index is 13.1. The fraction of sp³-hybridized carbons (Fsp3) is 0.406. The molecule has 12 heteroatoms. The SMILES string of the molecule is Cc1c2ccnc(C(=O)NCCN(C)C)c2cc2c3cc(OC(=O)CCC(NC(=O)OC(C)(C)C)C(=O)O)ccc3n(C)c12. The smallest absolute Gasteiger partial charge is 0.408 e. The average molecular weight is 606 g/mol. The first kappa shape index (κ1) is 32.2. The second kappa shape index (κ2) is 12.9. The van der Waals surface area contributed by atoms with Gasteiger partial charge in [-0.25, -0.2) is 9.59 Å². The molecule has 4 aromatic rings. The van der Waals surface area contributed by atoms with Crippen molar-refractivity contribution in [3.8, 4) is 5.75 Å². The summed E-state index contributed by atoms with van der Waals surface area (Å²) in [6.45, 7) is 8.17. The van der Waals surface area contributed by atoms with Crippen molar-refractivity contribution in [3.05, 3.63) is 47.8 Å². The van der Waals surface area contributed by atoms with Gasteiger partial charge in [-0.05, 0) is 89.5 Å². The standard InChI is InChI=1S/C32H39N5O7/c1-18-20-12-13-33-27(29(39)34-14-15-36(5)6)22(20)17-23-21-16-19(8-10-25(21)37(7)28(18)23)43-26(38)11-9-24(30(40)41)35-31(42)44-32(2,3)4/h8,10,12-13,16-17,24H,9,11,14-15H2,1-7H3,(H,34,39)(H,35,42)(H,40,41). The highest BCUT2D eigenvalue weighted by molar-refractivity contribution is 6.17. The number of pyridine rings is 1. The number of likely N-dealkylation sites (N-methyl/N-ethyl adjacent to an activating group) is 1. The van der Waals surface area contributed by atoms with Crippen LogP contribution < -0.4 is 15.4 Å². The number of benzene rings is 2. The monoisotopic (exact) mass is 605 g/mol. The van der Waals surface area contributed by atoms with E-state index in [9.17, 15) is 24.3 Å². The summed E-state index contributed by atoms with van der Waals surface area (Å²) >= 11 is 0. The number of carbonyl (C=O) groups is 4. The minimum atomic E-state index is -1.32. The molecule has 0 fully saturated rings. The van der Waals surface area contributed by atoms with Crippen LogP contribution >= 0.6 is 0 Å². The van der Waals surface area contributed by atoms with Crippen LogP contribution in [0.2, 0.25) is 0 Å². The topological polar surface area (TPSA) is 152 Å². The van der Waals surface area contributed by atoms with Crippen LogP contribution in [-0.4, -0.2) is 82.3 Å². The number of alkyl carbamates (subject to hydrolysis) is 1. The maximum Gasteiger partial charge on any atom is 0.408 e. The number of hydrogen-bond donors (Lipinski definition) is 3. The van der Waals surface area contributed by atoms with Crippen LogP contribution in [0.1, 0.15) is 49.7 Å². The molecule has 2 aromatic heterocycles. The Balaban J connectivity index is 1.60. The van der Waals surface area contributed by atoms with Gasteiger partial charge in [0.1, 0.15) is 23.1 Å². The molecule has 2 amide bonds.